The zero-order chi connectivity index (χ0) is 52.9. The summed E-state index contributed by atoms with van der Waals surface area (Å²) in [6.45, 7) is 3.64. The normalized spacial score (nSPS) is 19.9. The molecule has 9 heteroatoms. The van der Waals surface area contributed by atoms with E-state index in [1.54, 1.807) is 6.08 Å². The van der Waals surface area contributed by atoms with Gasteiger partial charge in [0.15, 0.2) is 6.29 Å². The van der Waals surface area contributed by atoms with Crippen molar-refractivity contribution in [1.29, 1.82) is 0 Å². The Balaban J connectivity index is 2.29. The first-order chi connectivity index (χ1) is 35.8. The summed E-state index contributed by atoms with van der Waals surface area (Å²) in [6.07, 6.45) is 70.1. The summed E-state index contributed by atoms with van der Waals surface area (Å²) in [7, 11) is 0. The number of allylic oxidation sites excluding steroid dienone is 17. The monoisotopic (exact) mass is 1020 g/mol. The Hall–Kier alpha value is -3.15. The lowest BCUT2D eigenvalue weighted by Gasteiger charge is -2.40. The molecule has 73 heavy (non-hydrogen) atoms. The summed E-state index contributed by atoms with van der Waals surface area (Å²) >= 11 is 0. The van der Waals surface area contributed by atoms with Crippen LogP contribution in [0.25, 0.3) is 0 Å². The van der Waals surface area contributed by atoms with Crippen LogP contribution in [-0.2, 0) is 14.3 Å². The number of rotatable bonds is 49. The van der Waals surface area contributed by atoms with Crippen LogP contribution < -0.4 is 5.32 Å². The standard InChI is InChI=1S/C64H109NO8/c1-3-5-7-9-11-13-15-17-19-21-23-25-27-29-31-33-35-37-39-41-43-45-47-49-51-53-58(67)57(56-72-64-63(71)62(70)61(69)59(55-66)73-64)65-60(68)54-52-50-48-46-44-42-40-38-36-34-32-30-28-26-24-22-20-18-16-14-12-10-8-6-4-2/h6,8,12,14,18,20,24,26,30,32,35-38,43,45,51,53,57-59,61-64,66-67,69-71H,3-5,7,9-11,13,15-17,19,21-23,25,27-29,31,33-34,39-42,44,46-50,52,54-56H2,1-2H3,(H,65,68)/b8-6-,14-12-,20-18-,26-24-,32-30-,37-35+,38-36-,45-43+,53-51+. The highest BCUT2D eigenvalue weighted by molar-refractivity contribution is 5.76. The molecule has 0 aromatic carbocycles. The summed E-state index contributed by atoms with van der Waals surface area (Å²) in [4.78, 5) is 13.1. The van der Waals surface area contributed by atoms with E-state index in [1.165, 1.54) is 96.3 Å². The molecule has 1 aliphatic heterocycles. The van der Waals surface area contributed by atoms with E-state index >= 15 is 0 Å². The van der Waals surface area contributed by atoms with Crippen LogP contribution in [0.4, 0.5) is 0 Å². The van der Waals surface area contributed by atoms with Crippen molar-refractivity contribution in [3.8, 4) is 0 Å². The molecule has 7 atom stereocenters. The van der Waals surface area contributed by atoms with Crippen LogP contribution >= 0.6 is 0 Å². The van der Waals surface area contributed by atoms with Gasteiger partial charge >= 0.3 is 0 Å². The first-order valence-electron chi connectivity index (χ1n) is 29.6. The summed E-state index contributed by atoms with van der Waals surface area (Å²) in [5, 5.41) is 54.5. The zero-order valence-corrected chi connectivity index (χ0v) is 46.4. The number of hydrogen-bond acceptors (Lipinski definition) is 8. The SMILES string of the molecule is CC/C=C\C/C=C\C/C=C\C/C=C\C/C=C\C/C=C\CCCCCCCCC(=O)NC(COC1OC(CO)C(O)C(O)C1O)C(O)/C=C/CC/C=C/CC/C=C/CCCCCCCCCCCCCCCCC. The molecule has 0 spiro atoms. The number of carbonyl (C=O) groups excluding carboxylic acids is 1. The molecular formula is C64H109NO8. The average Bonchev–Trinajstić information content (AvgIpc) is 3.39. The van der Waals surface area contributed by atoms with E-state index in [0.29, 0.717) is 6.42 Å². The fourth-order valence-electron chi connectivity index (χ4n) is 8.66. The molecule has 1 heterocycles. The molecule has 6 N–H and O–H groups in total. The van der Waals surface area contributed by atoms with Crippen LogP contribution in [0.3, 0.4) is 0 Å². The third kappa shape index (κ3) is 41.7. The van der Waals surface area contributed by atoms with Gasteiger partial charge in [-0.25, -0.2) is 0 Å². The van der Waals surface area contributed by atoms with Crippen LogP contribution in [0.1, 0.15) is 232 Å². The Morgan fingerprint density at radius 1 is 0.479 bits per heavy atom. The second-order valence-corrected chi connectivity index (χ2v) is 20.0. The third-order valence-corrected chi connectivity index (χ3v) is 13.3. The van der Waals surface area contributed by atoms with Crippen LogP contribution in [0.5, 0.6) is 0 Å². The van der Waals surface area contributed by atoms with E-state index in [9.17, 15) is 30.3 Å². The van der Waals surface area contributed by atoms with E-state index in [0.717, 1.165) is 116 Å². The van der Waals surface area contributed by atoms with Crippen LogP contribution in [-0.4, -0.2) is 87.5 Å². The molecule has 0 bridgehead atoms. The minimum absolute atomic E-state index is 0.209. The van der Waals surface area contributed by atoms with Gasteiger partial charge in [-0.2, -0.15) is 0 Å². The van der Waals surface area contributed by atoms with E-state index in [1.807, 2.05) is 6.08 Å². The fraction of sp³-hybridized carbons (Fsp3) is 0.703. The maximum absolute atomic E-state index is 13.1. The van der Waals surface area contributed by atoms with E-state index in [-0.39, 0.29) is 12.5 Å². The van der Waals surface area contributed by atoms with Gasteiger partial charge in [-0.3, -0.25) is 4.79 Å². The largest absolute Gasteiger partial charge is 0.394 e. The molecule has 418 valence electrons. The molecule has 1 rings (SSSR count). The summed E-state index contributed by atoms with van der Waals surface area (Å²) < 4.78 is 11.3. The van der Waals surface area contributed by atoms with Crippen LogP contribution in [0.2, 0.25) is 0 Å². The van der Waals surface area contributed by atoms with Gasteiger partial charge in [0.05, 0.1) is 25.4 Å². The molecule has 0 aliphatic carbocycles. The second-order valence-electron chi connectivity index (χ2n) is 20.0. The summed E-state index contributed by atoms with van der Waals surface area (Å²) in [5.74, 6) is -0.209. The van der Waals surface area contributed by atoms with Crippen molar-refractivity contribution in [1.82, 2.24) is 5.32 Å². The van der Waals surface area contributed by atoms with Crippen molar-refractivity contribution in [3.05, 3.63) is 109 Å². The highest BCUT2D eigenvalue weighted by Gasteiger charge is 2.44. The van der Waals surface area contributed by atoms with E-state index in [2.05, 4.69) is 116 Å². The first kappa shape index (κ1) is 67.9. The van der Waals surface area contributed by atoms with Gasteiger partial charge in [0.25, 0.3) is 0 Å². The first-order valence-corrected chi connectivity index (χ1v) is 29.6. The van der Waals surface area contributed by atoms with Gasteiger partial charge in [-0.15, -0.1) is 0 Å². The highest BCUT2D eigenvalue weighted by atomic mass is 16.7. The summed E-state index contributed by atoms with van der Waals surface area (Å²) in [6, 6.07) is -0.846. The van der Waals surface area contributed by atoms with Crippen molar-refractivity contribution in [3.63, 3.8) is 0 Å². The van der Waals surface area contributed by atoms with E-state index in [4.69, 9.17) is 9.47 Å². The summed E-state index contributed by atoms with van der Waals surface area (Å²) in [5.41, 5.74) is 0. The Morgan fingerprint density at radius 3 is 1.32 bits per heavy atom. The maximum Gasteiger partial charge on any atom is 0.220 e. The number of amides is 1. The number of unbranched alkanes of at least 4 members (excludes halogenated alkanes) is 23. The number of aliphatic hydroxyl groups is 5. The van der Waals surface area contributed by atoms with Crippen molar-refractivity contribution < 1.29 is 39.8 Å². The zero-order valence-electron chi connectivity index (χ0n) is 46.4. The van der Waals surface area contributed by atoms with Gasteiger partial charge < -0.3 is 40.3 Å². The molecule has 0 saturated carbocycles. The van der Waals surface area contributed by atoms with Gasteiger partial charge in [0.1, 0.15) is 24.4 Å². The minimum atomic E-state index is -1.59. The number of hydrogen-bond donors (Lipinski definition) is 6. The maximum atomic E-state index is 13.1. The van der Waals surface area contributed by atoms with Gasteiger partial charge in [-0.05, 0) is 96.3 Å². The molecule has 7 unspecified atom stereocenters. The lowest BCUT2D eigenvalue weighted by Crippen LogP contribution is -2.60. The highest BCUT2D eigenvalue weighted by Crippen LogP contribution is 2.23. The lowest BCUT2D eigenvalue weighted by molar-refractivity contribution is -0.302. The van der Waals surface area contributed by atoms with E-state index < -0.39 is 49.5 Å². The minimum Gasteiger partial charge on any atom is -0.394 e. The van der Waals surface area contributed by atoms with Gasteiger partial charge in [0, 0.05) is 6.42 Å². The molecular weight excluding hydrogens is 911 g/mol. The van der Waals surface area contributed by atoms with Gasteiger partial charge in [-0.1, -0.05) is 239 Å². The van der Waals surface area contributed by atoms with Crippen LogP contribution in [0, 0.1) is 0 Å². The number of aliphatic hydroxyl groups excluding tert-OH is 5. The fourth-order valence-corrected chi connectivity index (χ4v) is 8.66. The Kier molecular flexibility index (Phi) is 48.6. The molecule has 0 radical (unpaired) electrons. The molecule has 0 aromatic rings. The number of carbonyl (C=O) groups is 1. The predicted octanol–water partition coefficient (Wildman–Crippen LogP) is 15.0. The molecule has 0 aromatic heterocycles. The number of nitrogens with one attached hydrogen (secondary N) is 1. The van der Waals surface area contributed by atoms with Crippen molar-refractivity contribution in [2.45, 2.75) is 275 Å². The quantitative estimate of drug-likeness (QED) is 0.0261. The Morgan fingerprint density at radius 2 is 0.863 bits per heavy atom. The third-order valence-electron chi connectivity index (χ3n) is 13.3. The molecule has 9 nitrogen and oxygen atoms in total. The molecule has 1 fully saturated rings. The Labute approximate surface area is 446 Å². The smallest absolute Gasteiger partial charge is 0.220 e. The van der Waals surface area contributed by atoms with Crippen LogP contribution in [0.15, 0.2) is 109 Å². The number of ether oxygens (including phenoxy) is 2. The van der Waals surface area contributed by atoms with Crippen molar-refractivity contribution in [2.75, 3.05) is 13.2 Å². The van der Waals surface area contributed by atoms with Gasteiger partial charge in [0.2, 0.25) is 5.91 Å². The molecule has 1 amide bonds. The molecule has 1 aliphatic rings. The van der Waals surface area contributed by atoms with Crippen molar-refractivity contribution in [2.24, 2.45) is 0 Å². The van der Waals surface area contributed by atoms with Crippen molar-refractivity contribution >= 4 is 5.91 Å². The molecule has 1 saturated heterocycles. The topological polar surface area (TPSA) is 149 Å². The predicted molar refractivity (Wildman–Crippen MR) is 308 cm³/mol. The lowest BCUT2D eigenvalue weighted by atomic mass is 9.99. The second kappa shape index (κ2) is 52.3. The Bertz CT molecular complexity index is 1510. The average molecular weight is 1020 g/mol.